The number of anilines is 1. The molecule has 0 spiro atoms. The number of aryl methyl sites for hydroxylation is 2. The minimum atomic E-state index is 0.177. The van der Waals surface area contributed by atoms with E-state index in [4.69, 9.17) is 4.74 Å². The van der Waals surface area contributed by atoms with Crippen molar-refractivity contribution in [2.24, 2.45) is 11.3 Å². The molecule has 2 heterocycles. The first-order valence-electron chi connectivity index (χ1n) is 7.54. The Bertz CT molecular complexity index is 433. The van der Waals surface area contributed by atoms with Crippen LogP contribution in [0.25, 0.3) is 0 Å². The number of hydrogen-bond acceptors (Lipinski definition) is 4. The van der Waals surface area contributed by atoms with Crippen molar-refractivity contribution in [1.29, 1.82) is 0 Å². The number of rotatable bonds is 3. The molecule has 0 saturated carbocycles. The van der Waals surface area contributed by atoms with Gasteiger partial charge in [0.15, 0.2) is 0 Å². The van der Waals surface area contributed by atoms with E-state index in [1.165, 1.54) is 6.42 Å². The summed E-state index contributed by atoms with van der Waals surface area (Å²) in [6, 6.07) is 1.99. The maximum absolute atomic E-state index is 6.01. The van der Waals surface area contributed by atoms with Crippen molar-refractivity contribution in [3.63, 3.8) is 0 Å². The molecule has 1 aromatic heterocycles. The molecule has 1 N–H and O–H groups in total. The van der Waals surface area contributed by atoms with Crippen LogP contribution in [-0.4, -0.2) is 29.2 Å². The van der Waals surface area contributed by atoms with Crippen LogP contribution >= 0.6 is 0 Å². The molecular weight excluding hydrogens is 250 g/mol. The highest BCUT2D eigenvalue weighted by Crippen LogP contribution is 2.34. The molecule has 4 heteroatoms. The first-order valence-corrected chi connectivity index (χ1v) is 7.54. The molecule has 2 rings (SSSR count). The van der Waals surface area contributed by atoms with Gasteiger partial charge in [-0.1, -0.05) is 20.8 Å². The van der Waals surface area contributed by atoms with Gasteiger partial charge in [0, 0.05) is 30.5 Å². The van der Waals surface area contributed by atoms with Gasteiger partial charge in [0.1, 0.15) is 0 Å². The number of nitrogens with zero attached hydrogens (tertiary/aromatic N) is 2. The lowest BCUT2D eigenvalue weighted by atomic mass is 9.78. The second-order valence-corrected chi connectivity index (χ2v) is 6.91. The lowest BCUT2D eigenvalue weighted by Crippen LogP contribution is -2.42. The fourth-order valence-electron chi connectivity index (χ4n) is 3.04. The molecule has 4 nitrogen and oxygen atoms in total. The van der Waals surface area contributed by atoms with Gasteiger partial charge in [-0.15, -0.1) is 0 Å². The summed E-state index contributed by atoms with van der Waals surface area (Å²) in [6.45, 7) is 12.5. The molecule has 1 aromatic rings. The Balaban J connectivity index is 2.01. The molecule has 20 heavy (non-hydrogen) atoms. The molecule has 2 atom stereocenters. The Kier molecular flexibility index (Phi) is 4.63. The highest BCUT2D eigenvalue weighted by molar-refractivity contribution is 5.27. The van der Waals surface area contributed by atoms with Gasteiger partial charge < -0.3 is 10.1 Å². The molecule has 0 radical (unpaired) electrons. The number of ether oxygens (including phenoxy) is 1. The molecule has 0 aromatic carbocycles. The summed E-state index contributed by atoms with van der Waals surface area (Å²) >= 11 is 0. The van der Waals surface area contributed by atoms with Crippen LogP contribution in [0.4, 0.5) is 5.95 Å². The average Bonchev–Trinajstić information content (AvgIpc) is 2.34. The van der Waals surface area contributed by atoms with Crippen LogP contribution in [0, 0.1) is 25.2 Å². The largest absolute Gasteiger partial charge is 0.377 e. The molecule has 2 unspecified atom stereocenters. The third kappa shape index (κ3) is 3.92. The van der Waals surface area contributed by atoms with E-state index in [-0.39, 0.29) is 5.41 Å². The minimum absolute atomic E-state index is 0.177. The van der Waals surface area contributed by atoms with Crippen molar-refractivity contribution in [2.75, 3.05) is 18.5 Å². The van der Waals surface area contributed by atoms with Crippen molar-refractivity contribution in [3.8, 4) is 0 Å². The van der Waals surface area contributed by atoms with E-state index in [0.717, 1.165) is 36.9 Å². The van der Waals surface area contributed by atoms with E-state index >= 15 is 0 Å². The van der Waals surface area contributed by atoms with Gasteiger partial charge in [0.2, 0.25) is 5.95 Å². The summed E-state index contributed by atoms with van der Waals surface area (Å²) in [5.41, 5.74) is 2.19. The predicted octanol–water partition coefficient (Wildman–Crippen LogP) is 3.35. The van der Waals surface area contributed by atoms with Crippen LogP contribution in [0.2, 0.25) is 0 Å². The van der Waals surface area contributed by atoms with Gasteiger partial charge in [0.25, 0.3) is 0 Å². The van der Waals surface area contributed by atoms with Crippen LogP contribution in [-0.2, 0) is 4.74 Å². The molecule has 0 aliphatic carbocycles. The van der Waals surface area contributed by atoms with Gasteiger partial charge >= 0.3 is 0 Å². The van der Waals surface area contributed by atoms with Gasteiger partial charge in [-0.3, -0.25) is 0 Å². The third-order valence-corrected chi connectivity index (χ3v) is 3.80. The normalized spacial score (nSPS) is 23.6. The van der Waals surface area contributed by atoms with Crippen LogP contribution in [0.15, 0.2) is 6.07 Å². The highest BCUT2D eigenvalue weighted by atomic mass is 16.5. The van der Waals surface area contributed by atoms with E-state index in [9.17, 15) is 0 Å². The molecular formula is C16H27N3O. The summed E-state index contributed by atoms with van der Waals surface area (Å²) in [4.78, 5) is 8.89. The maximum Gasteiger partial charge on any atom is 0.223 e. The second-order valence-electron chi connectivity index (χ2n) is 6.91. The Labute approximate surface area is 122 Å². The average molecular weight is 277 g/mol. The van der Waals surface area contributed by atoms with Crippen LogP contribution in [0.1, 0.15) is 45.0 Å². The number of hydrogen-bond donors (Lipinski definition) is 1. The molecule has 0 amide bonds. The number of nitrogens with one attached hydrogen (secondary N) is 1. The van der Waals surface area contributed by atoms with Gasteiger partial charge in [-0.05, 0) is 38.2 Å². The summed E-state index contributed by atoms with van der Waals surface area (Å²) in [5.74, 6) is 1.26. The first kappa shape index (κ1) is 15.2. The molecule has 112 valence electrons. The monoisotopic (exact) mass is 277 g/mol. The summed E-state index contributed by atoms with van der Waals surface area (Å²) < 4.78 is 6.01. The lowest BCUT2D eigenvalue weighted by Gasteiger charge is -2.40. The SMILES string of the molecule is Cc1cc(C)nc(NCC2CCCOC2C(C)(C)C)n1. The van der Waals surface area contributed by atoms with E-state index in [1.54, 1.807) is 0 Å². The number of aromatic nitrogens is 2. The topological polar surface area (TPSA) is 47.0 Å². The van der Waals surface area contributed by atoms with Crippen LogP contribution < -0.4 is 5.32 Å². The van der Waals surface area contributed by atoms with Crippen LogP contribution in [0.3, 0.4) is 0 Å². The molecule has 0 bridgehead atoms. The summed E-state index contributed by atoms with van der Waals surface area (Å²) in [5, 5.41) is 3.40. The van der Waals surface area contributed by atoms with Crippen LogP contribution in [0.5, 0.6) is 0 Å². The van der Waals surface area contributed by atoms with E-state index in [2.05, 4.69) is 36.1 Å². The van der Waals surface area contributed by atoms with Gasteiger partial charge in [-0.25, -0.2) is 9.97 Å². The van der Waals surface area contributed by atoms with Crippen molar-refractivity contribution >= 4 is 5.95 Å². The third-order valence-electron chi connectivity index (χ3n) is 3.80. The smallest absolute Gasteiger partial charge is 0.223 e. The highest BCUT2D eigenvalue weighted by Gasteiger charge is 2.35. The Hall–Kier alpha value is -1.16. The minimum Gasteiger partial charge on any atom is -0.377 e. The zero-order chi connectivity index (χ0) is 14.8. The Morgan fingerprint density at radius 1 is 1.25 bits per heavy atom. The standard InChI is InChI=1S/C16H27N3O/c1-11-9-12(2)19-15(18-11)17-10-13-7-6-8-20-14(13)16(3,4)5/h9,13-14H,6-8,10H2,1-5H3,(H,17,18,19). The second kappa shape index (κ2) is 6.08. The predicted molar refractivity (Wildman–Crippen MR) is 81.9 cm³/mol. The van der Waals surface area contributed by atoms with Crippen molar-refractivity contribution in [3.05, 3.63) is 17.5 Å². The van der Waals surface area contributed by atoms with Gasteiger partial charge in [-0.2, -0.15) is 0 Å². The van der Waals surface area contributed by atoms with Crippen molar-refractivity contribution in [1.82, 2.24) is 9.97 Å². The van der Waals surface area contributed by atoms with E-state index < -0.39 is 0 Å². The zero-order valence-electron chi connectivity index (χ0n) is 13.4. The lowest BCUT2D eigenvalue weighted by molar-refractivity contribution is -0.0814. The fourth-order valence-corrected chi connectivity index (χ4v) is 3.04. The van der Waals surface area contributed by atoms with E-state index in [1.807, 2.05) is 19.9 Å². The fraction of sp³-hybridized carbons (Fsp3) is 0.750. The quantitative estimate of drug-likeness (QED) is 0.920. The zero-order valence-corrected chi connectivity index (χ0v) is 13.4. The van der Waals surface area contributed by atoms with Crippen molar-refractivity contribution in [2.45, 2.75) is 53.6 Å². The molecule has 1 aliphatic rings. The van der Waals surface area contributed by atoms with Gasteiger partial charge in [0.05, 0.1) is 6.10 Å². The molecule has 1 aliphatic heterocycles. The van der Waals surface area contributed by atoms with Crippen molar-refractivity contribution < 1.29 is 4.74 Å². The maximum atomic E-state index is 6.01. The Morgan fingerprint density at radius 3 is 2.50 bits per heavy atom. The summed E-state index contributed by atoms with van der Waals surface area (Å²) in [6.07, 6.45) is 2.65. The van der Waals surface area contributed by atoms with E-state index in [0.29, 0.717) is 12.0 Å². The molecule has 1 saturated heterocycles. The first-order chi connectivity index (χ1) is 9.36. The summed E-state index contributed by atoms with van der Waals surface area (Å²) in [7, 11) is 0. The Morgan fingerprint density at radius 2 is 1.90 bits per heavy atom. The molecule has 1 fully saturated rings.